The van der Waals surface area contributed by atoms with Gasteiger partial charge in [0.25, 0.3) is 0 Å². The molecule has 3 heterocycles. The van der Waals surface area contributed by atoms with Crippen LogP contribution < -0.4 is 0 Å². The molecule has 24 heavy (non-hydrogen) atoms. The Balaban J connectivity index is 2.04. The molecule has 0 amide bonds. The number of aliphatic imine (C=N–C) groups is 1. The lowest BCUT2D eigenvalue weighted by molar-refractivity contribution is 0.728. The van der Waals surface area contributed by atoms with E-state index >= 15 is 0 Å². The first kappa shape index (κ1) is 15.6. The van der Waals surface area contributed by atoms with Gasteiger partial charge in [0.2, 0.25) is 0 Å². The number of hydrogen-bond acceptors (Lipinski definition) is 3. The summed E-state index contributed by atoms with van der Waals surface area (Å²) in [5.41, 5.74) is 5.77. The summed E-state index contributed by atoms with van der Waals surface area (Å²) in [5.74, 6) is 0.999. The fourth-order valence-corrected chi connectivity index (χ4v) is 4.55. The minimum absolute atomic E-state index is 0.00341. The minimum Gasteiger partial charge on any atom is -0.290 e. The number of rotatable bonds is 1. The monoisotopic (exact) mass is 355 g/mol. The Kier molecular flexibility index (Phi) is 3.62. The highest BCUT2D eigenvalue weighted by atomic mass is 35.5. The Hall–Kier alpha value is -1.91. The predicted octanol–water partition coefficient (Wildman–Crippen LogP) is 5.42. The van der Waals surface area contributed by atoms with Crippen LogP contribution in [-0.4, -0.2) is 15.3 Å². The van der Waals surface area contributed by atoms with Gasteiger partial charge in [-0.2, -0.15) is 0 Å². The van der Waals surface area contributed by atoms with Crippen molar-refractivity contribution in [2.24, 2.45) is 4.99 Å². The van der Waals surface area contributed by atoms with Crippen LogP contribution in [-0.2, 0) is 0 Å². The number of imidazole rings is 1. The molecule has 5 heteroatoms. The van der Waals surface area contributed by atoms with E-state index in [4.69, 9.17) is 16.6 Å². The molecule has 0 unspecified atom stereocenters. The third kappa shape index (κ3) is 2.25. The molecule has 1 aromatic carbocycles. The minimum atomic E-state index is 0.00341. The largest absolute Gasteiger partial charge is 0.290 e. The van der Waals surface area contributed by atoms with Crippen LogP contribution in [0, 0.1) is 20.8 Å². The van der Waals surface area contributed by atoms with Gasteiger partial charge in [0.1, 0.15) is 16.9 Å². The van der Waals surface area contributed by atoms with E-state index in [2.05, 4.69) is 37.2 Å². The lowest BCUT2D eigenvalue weighted by Crippen LogP contribution is -2.06. The number of nitrogens with zero attached hydrogens (tertiary/aromatic N) is 3. The van der Waals surface area contributed by atoms with Gasteiger partial charge in [0.05, 0.1) is 5.71 Å². The first-order chi connectivity index (χ1) is 11.5. The van der Waals surface area contributed by atoms with Crippen molar-refractivity contribution in [2.45, 2.75) is 33.7 Å². The standard InChI is InChI=1S/C19H18ClN3S/c1-10-9-21-18-12(3)22-17(14-5-7-15(20)8-6-14)16-11(2)13(4)24-19(16)23(10)18/h5-9,12H,1-4H3/t12-/m0/s1. The van der Waals surface area contributed by atoms with Crippen LogP contribution in [0.25, 0.3) is 5.00 Å². The molecule has 1 aliphatic heterocycles. The maximum Gasteiger partial charge on any atom is 0.138 e. The molecule has 3 nitrogen and oxygen atoms in total. The highest BCUT2D eigenvalue weighted by Crippen LogP contribution is 2.38. The number of aromatic nitrogens is 2. The van der Waals surface area contributed by atoms with Crippen molar-refractivity contribution < 1.29 is 0 Å². The van der Waals surface area contributed by atoms with Crippen LogP contribution in [0.15, 0.2) is 35.5 Å². The summed E-state index contributed by atoms with van der Waals surface area (Å²) in [6.07, 6.45) is 1.93. The quantitative estimate of drug-likeness (QED) is 0.572. The fraction of sp³-hybridized carbons (Fsp3) is 0.263. The highest BCUT2D eigenvalue weighted by molar-refractivity contribution is 7.15. The average Bonchev–Trinajstić information content (AvgIpc) is 3.03. The van der Waals surface area contributed by atoms with Crippen molar-refractivity contribution in [3.8, 4) is 5.00 Å². The first-order valence-corrected chi connectivity index (χ1v) is 9.15. The third-order valence-electron chi connectivity index (χ3n) is 4.59. The second-order valence-electron chi connectivity index (χ2n) is 6.22. The molecule has 0 spiro atoms. The van der Waals surface area contributed by atoms with Gasteiger partial charge < -0.3 is 0 Å². The molecule has 0 saturated heterocycles. The van der Waals surface area contributed by atoms with Gasteiger partial charge in [-0.15, -0.1) is 11.3 Å². The Labute approximate surface area is 150 Å². The molecule has 0 bridgehead atoms. The summed E-state index contributed by atoms with van der Waals surface area (Å²) in [7, 11) is 0. The van der Waals surface area contributed by atoms with Gasteiger partial charge in [0, 0.05) is 32.9 Å². The normalized spacial score (nSPS) is 16.4. The van der Waals surface area contributed by atoms with Gasteiger partial charge in [-0.05, 0) is 45.4 Å². The molecular weight excluding hydrogens is 338 g/mol. The van der Waals surface area contributed by atoms with Crippen LogP contribution >= 0.6 is 22.9 Å². The van der Waals surface area contributed by atoms with Gasteiger partial charge in [0.15, 0.2) is 0 Å². The summed E-state index contributed by atoms with van der Waals surface area (Å²) in [4.78, 5) is 11.0. The molecule has 0 radical (unpaired) electrons. The number of aryl methyl sites for hydroxylation is 2. The third-order valence-corrected chi connectivity index (χ3v) is 6.03. The van der Waals surface area contributed by atoms with Crippen molar-refractivity contribution in [3.05, 3.63) is 68.6 Å². The first-order valence-electron chi connectivity index (χ1n) is 7.96. The Morgan fingerprint density at radius 3 is 2.54 bits per heavy atom. The second-order valence-corrected chi connectivity index (χ2v) is 7.86. The van der Waals surface area contributed by atoms with E-state index < -0.39 is 0 Å². The summed E-state index contributed by atoms with van der Waals surface area (Å²) in [6, 6.07) is 7.94. The topological polar surface area (TPSA) is 30.2 Å². The molecule has 4 rings (SSSR count). The average molecular weight is 356 g/mol. The lowest BCUT2D eigenvalue weighted by Gasteiger charge is -2.09. The SMILES string of the molecule is Cc1sc2c(c1C)C(c1ccc(Cl)cc1)=N[C@@H](C)c1ncc(C)n1-2. The molecule has 2 aromatic heterocycles. The van der Waals surface area contributed by atoms with Gasteiger partial charge >= 0.3 is 0 Å². The van der Waals surface area contributed by atoms with E-state index in [0.717, 1.165) is 27.8 Å². The van der Waals surface area contributed by atoms with E-state index in [1.165, 1.54) is 21.0 Å². The van der Waals surface area contributed by atoms with E-state index in [0.29, 0.717) is 0 Å². The Bertz CT molecular complexity index is 963. The van der Waals surface area contributed by atoms with Crippen LogP contribution in [0.3, 0.4) is 0 Å². The van der Waals surface area contributed by atoms with Gasteiger partial charge in [-0.25, -0.2) is 4.98 Å². The summed E-state index contributed by atoms with van der Waals surface area (Å²) in [5, 5.41) is 1.95. The molecule has 0 N–H and O–H groups in total. The summed E-state index contributed by atoms with van der Waals surface area (Å²) in [6.45, 7) is 8.55. The van der Waals surface area contributed by atoms with E-state index in [9.17, 15) is 0 Å². The van der Waals surface area contributed by atoms with Crippen molar-refractivity contribution in [2.75, 3.05) is 0 Å². The predicted molar refractivity (Wildman–Crippen MR) is 101 cm³/mol. The zero-order valence-electron chi connectivity index (χ0n) is 14.1. The maximum absolute atomic E-state index is 6.07. The number of halogens is 1. The molecule has 0 aliphatic carbocycles. The number of thiophene rings is 1. The Morgan fingerprint density at radius 2 is 1.83 bits per heavy atom. The molecule has 122 valence electrons. The zero-order chi connectivity index (χ0) is 17.0. The maximum atomic E-state index is 6.07. The molecule has 1 atom stereocenters. The smallest absolute Gasteiger partial charge is 0.138 e. The van der Waals surface area contributed by atoms with Crippen molar-refractivity contribution >= 4 is 28.6 Å². The van der Waals surface area contributed by atoms with Gasteiger partial charge in [-0.1, -0.05) is 23.7 Å². The summed E-state index contributed by atoms with van der Waals surface area (Å²) >= 11 is 7.88. The zero-order valence-corrected chi connectivity index (χ0v) is 15.7. The molecular formula is C19H18ClN3S. The van der Waals surface area contributed by atoms with Gasteiger partial charge in [-0.3, -0.25) is 9.56 Å². The van der Waals surface area contributed by atoms with Crippen molar-refractivity contribution in [1.29, 1.82) is 0 Å². The van der Waals surface area contributed by atoms with Crippen molar-refractivity contribution in [1.82, 2.24) is 9.55 Å². The van der Waals surface area contributed by atoms with Crippen LogP contribution in [0.2, 0.25) is 5.02 Å². The summed E-state index contributed by atoms with van der Waals surface area (Å²) < 4.78 is 2.26. The highest BCUT2D eigenvalue weighted by Gasteiger charge is 2.28. The number of benzene rings is 1. The number of fused-ring (bicyclic) bond motifs is 3. The van der Waals surface area contributed by atoms with Crippen molar-refractivity contribution in [3.63, 3.8) is 0 Å². The second kappa shape index (κ2) is 5.57. The van der Waals surface area contributed by atoms with E-state index in [-0.39, 0.29) is 6.04 Å². The molecule has 3 aromatic rings. The van der Waals surface area contributed by atoms with Crippen LogP contribution in [0.1, 0.15) is 46.1 Å². The lowest BCUT2D eigenvalue weighted by atomic mass is 10.00. The number of hydrogen-bond donors (Lipinski definition) is 0. The molecule has 1 aliphatic rings. The van der Waals surface area contributed by atoms with E-state index in [1.54, 1.807) is 0 Å². The fourth-order valence-electron chi connectivity index (χ4n) is 3.20. The van der Waals surface area contributed by atoms with E-state index in [1.807, 2.05) is 41.8 Å². The Morgan fingerprint density at radius 1 is 1.12 bits per heavy atom. The van der Waals surface area contributed by atoms with Crippen LogP contribution in [0.5, 0.6) is 0 Å². The molecule has 0 saturated carbocycles. The molecule has 0 fully saturated rings. The van der Waals surface area contributed by atoms with Crippen LogP contribution in [0.4, 0.5) is 0 Å².